The molecule has 3 rings (SSSR count). The smallest absolute Gasteiger partial charge is 0.362 e. The van der Waals surface area contributed by atoms with Gasteiger partial charge in [-0.15, -0.1) is 0 Å². The number of amides is 1. The summed E-state index contributed by atoms with van der Waals surface area (Å²) in [6, 6.07) is 8.35. The van der Waals surface area contributed by atoms with Crippen molar-refractivity contribution in [2.45, 2.75) is 25.3 Å². The van der Waals surface area contributed by atoms with Crippen LogP contribution < -0.4 is 16.2 Å². The molecule has 0 spiro atoms. The van der Waals surface area contributed by atoms with Gasteiger partial charge in [0.15, 0.2) is 0 Å². The van der Waals surface area contributed by atoms with E-state index in [0.29, 0.717) is 23.4 Å². The van der Waals surface area contributed by atoms with Crippen LogP contribution in [0.1, 0.15) is 30.2 Å². The first-order valence-corrected chi connectivity index (χ1v) is 6.99. The van der Waals surface area contributed by atoms with Gasteiger partial charge in [-0.2, -0.15) is 0 Å². The highest BCUT2D eigenvalue weighted by Gasteiger charge is 2.29. The van der Waals surface area contributed by atoms with Crippen molar-refractivity contribution in [1.29, 1.82) is 0 Å². The SMILES string of the molecule is CNC1CCCc2on(C(=O)Nc3ccccc3)c(=O)c21. The van der Waals surface area contributed by atoms with Gasteiger partial charge in [0, 0.05) is 18.2 Å². The number of aromatic nitrogens is 1. The van der Waals surface area contributed by atoms with E-state index in [0.717, 1.165) is 17.6 Å². The van der Waals surface area contributed by atoms with Crippen molar-refractivity contribution in [3.8, 4) is 0 Å². The van der Waals surface area contributed by atoms with Crippen molar-refractivity contribution in [3.63, 3.8) is 0 Å². The van der Waals surface area contributed by atoms with E-state index in [1.54, 1.807) is 19.2 Å². The number of rotatable bonds is 2. The first-order chi connectivity index (χ1) is 10.2. The second-order valence-electron chi connectivity index (χ2n) is 5.06. The van der Waals surface area contributed by atoms with E-state index in [-0.39, 0.29) is 11.6 Å². The number of benzene rings is 1. The Kier molecular flexibility index (Phi) is 3.62. The molecule has 0 radical (unpaired) electrons. The number of para-hydroxylation sites is 1. The molecule has 1 unspecified atom stereocenters. The monoisotopic (exact) mass is 287 g/mol. The van der Waals surface area contributed by atoms with Gasteiger partial charge < -0.3 is 15.2 Å². The van der Waals surface area contributed by atoms with Gasteiger partial charge in [-0.1, -0.05) is 22.9 Å². The summed E-state index contributed by atoms with van der Waals surface area (Å²) in [5.41, 5.74) is 0.818. The van der Waals surface area contributed by atoms with Crippen LogP contribution in [-0.4, -0.2) is 17.8 Å². The summed E-state index contributed by atoms with van der Waals surface area (Å²) >= 11 is 0. The second-order valence-corrected chi connectivity index (χ2v) is 5.06. The van der Waals surface area contributed by atoms with Crippen molar-refractivity contribution in [1.82, 2.24) is 10.1 Å². The number of carbonyl (C=O) groups is 1. The molecule has 6 heteroatoms. The summed E-state index contributed by atoms with van der Waals surface area (Å²) in [6.45, 7) is 0. The molecule has 1 amide bonds. The molecule has 2 aromatic rings. The minimum atomic E-state index is -0.574. The molecule has 110 valence electrons. The molecule has 2 N–H and O–H groups in total. The van der Waals surface area contributed by atoms with Crippen molar-refractivity contribution in [3.05, 3.63) is 52.0 Å². The lowest BCUT2D eigenvalue weighted by molar-refractivity contribution is 0.215. The Bertz CT molecular complexity index is 703. The van der Waals surface area contributed by atoms with E-state index >= 15 is 0 Å². The molecular formula is C15H17N3O3. The van der Waals surface area contributed by atoms with Gasteiger partial charge in [0.25, 0.3) is 5.56 Å². The number of aryl methyl sites for hydroxylation is 1. The maximum Gasteiger partial charge on any atom is 0.362 e. The molecule has 1 aliphatic rings. The summed E-state index contributed by atoms with van der Waals surface area (Å²) in [5, 5.41) is 5.75. The lowest BCUT2D eigenvalue weighted by Gasteiger charge is -2.18. The molecule has 1 aromatic carbocycles. The van der Waals surface area contributed by atoms with Gasteiger partial charge in [-0.25, -0.2) is 4.79 Å². The van der Waals surface area contributed by atoms with Gasteiger partial charge in [0.1, 0.15) is 5.76 Å². The number of fused-ring (bicyclic) bond motifs is 1. The normalized spacial score (nSPS) is 17.3. The fourth-order valence-corrected chi connectivity index (χ4v) is 2.68. The van der Waals surface area contributed by atoms with Crippen LogP contribution in [0.25, 0.3) is 0 Å². The number of hydrogen-bond acceptors (Lipinski definition) is 4. The molecule has 0 bridgehead atoms. The van der Waals surface area contributed by atoms with E-state index in [2.05, 4.69) is 10.6 Å². The Morgan fingerprint density at radius 3 is 2.81 bits per heavy atom. The highest BCUT2D eigenvalue weighted by Crippen LogP contribution is 2.27. The average Bonchev–Trinajstić information content (AvgIpc) is 2.86. The summed E-state index contributed by atoms with van der Waals surface area (Å²) in [5.74, 6) is 0.605. The molecule has 0 saturated heterocycles. The van der Waals surface area contributed by atoms with Crippen LogP contribution in [0, 0.1) is 0 Å². The Morgan fingerprint density at radius 2 is 2.10 bits per heavy atom. The Balaban J connectivity index is 1.91. The van der Waals surface area contributed by atoms with E-state index in [1.165, 1.54) is 0 Å². The van der Waals surface area contributed by atoms with Gasteiger partial charge in [-0.3, -0.25) is 4.79 Å². The van der Waals surface area contributed by atoms with Crippen LogP contribution in [0.3, 0.4) is 0 Å². The number of nitrogens with one attached hydrogen (secondary N) is 2. The predicted octanol–water partition coefficient (Wildman–Crippen LogP) is 2.12. The Hall–Kier alpha value is -2.34. The Morgan fingerprint density at radius 1 is 1.33 bits per heavy atom. The van der Waals surface area contributed by atoms with Gasteiger partial charge in [0.05, 0.1) is 5.56 Å². The Labute approximate surface area is 121 Å². The third-order valence-corrected chi connectivity index (χ3v) is 3.72. The minimum absolute atomic E-state index is 0.0456. The van der Waals surface area contributed by atoms with Gasteiger partial charge in [0.2, 0.25) is 0 Å². The van der Waals surface area contributed by atoms with Crippen LogP contribution in [0.4, 0.5) is 10.5 Å². The highest BCUT2D eigenvalue weighted by atomic mass is 16.5. The predicted molar refractivity (Wildman–Crippen MR) is 78.6 cm³/mol. The lowest BCUT2D eigenvalue weighted by atomic mass is 9.94. The van der Waals surface area contributed by atoms with Crippen molar-refractivity contribution >= 4 is 11.7 Å². The van der Waals surface area contributed by atoms with Gasteiger partial charge in [-0.05, 0) is 32.0 Å². The lowest BCUT2D eigenvalue weighted by Crippen LogP contribution is -2.32. The van der Waals surface area contributed by atoms with Crippen molar-refractivity contribution in [2.24, 2.45) is 0 Å². The number of anilines is 1. The third kappa shape index (κ3) is 2.50. The summed E-state index contributed by atoms with van der Waals surface area (Å²) in [6.07, 6.45) is 2.50. The molecule has 6 nitrogen and oxygen atoms in total. The maximum absolute atomic E-state index is 12.4. The van der Waals surface area contributed by atoms with Crippen molar-refractivity contribution in [2.75, 3.05) is 12.4 Å². The minimum Gasteiger partial charge on any atom is -0.371 e. The number of hydrogen-bond donors (Lipinski definition) is 2. The van der Waals surface area contributed by atoms with Crippen LogP contribution in [0.15, 0.2) is 39.6 Å². The molecule has 0 aliphatic heterocycles. The standard InChI is InChI=1S/C15H17N3O3/c1-16-11-8-5-9-12-13(11)14(19)18(21-12)15(20)17-10-6-3-2-4-7-10/h2-4,6-7,11,16H,5,8-9H2,1H3,(H,17,20). The third-order valence-electron chi connectivity index (χ3n) is 3.72. The molecule has 0 saturated carbocycles. The summed E-state index contributed by atoms with van der Waals surface area (Å²) < 4.78 is 6.27. The second kappa shape index (κ2) is 5.57. The summed E-state index contributed by atoms with van der Waals surface area (Å²) in [4.78, 5) is 24.6. The number of nitrogens with zero attached hydrogens (tertiary/aromatic N) is 1. The molecule has 1 aliphatic carbocycles. The molecular weight excluding hydrogens is 270 g/mol. The first-order valence-electron chi connectivity index (χ1n) is 6.99. The maximum atomic E-state index is 12.4. The van der Waals surface area contributed by atoms with E-state index < -0.39 is 6.03 Å². The fourth-order valence-electron chi connectivity index (χ4n) is 2.68. The van der Waals surface area contributed by atoms with Crippen LogP contribution in [-0.2, 0) is 6.42 Å². The molecule has 1 heterocycles. The van der Waals surface area contributed by atoms with Crippen LogP contribution in [0.2, 0.25) is 0 Å². The largest absolute Gasteiger partial charge is 0.371 e. The van der Waals surface area contributed by atoms with E-state index in [1.807, 2.05) is 18.2 Å². The van der Waals surface area contributed by atoms with Crippen molar-refractivity contribution < 1.29 is 9.32 Å². The van der Waals surface area contributed by atoms with Gasteiger partial charge >= 0.3 is 6.03 Å². The topological polar surface area (TPSA) is 76.3 Å². The fraction of sp³-hybridized carbons (Fsp3) is 0.333. The zero-order valence-corrected chi connectivity index (χ0v) is 11.8. The zero-order valence-electron chi connectivity index (χ0n) is 11.8. The van der Waals surface area contributed by atoms with Crippen LogP contribution in [0.5, 0.6) is 0 Å². The molecule has 0 fully saturated rings. The quantitative estimate of drug-likeness (QED) is 0.887. The average molecular weight is 287 g/mol. The number of carbonyl (C=O) groups excluding carboxylic acids is 1. The first kappa shape index (κ1) is 13.6. The molecule has 1 atom stereocenters. The van der Waals surface area contributed by atoms with E-state index in [4.69, 9.17) is 4.52 Å². The molecule has 21 heavy (non-hydrogen) atoms. The zero-order chi connectivity index (χ0) is 14.8. The molecule has 1 aromatic heterocycles. The highest BCUT2D eigenvalue weighted by molar-refractivity contribution is 5.90. The summed E-state index contributed by atoms with van der Waals surface area (Å²) in [7, 11) is 1.81. The van der Waals surface area contributed by atoms with E-state index in [9.17, 15) is 9.59 Å². The van der Waals surface area contributed by atoms with Crippen LogP contribution >= 0.6 is 0 Å².